The molecule has 0 aliphatic carbocycles. The first-order valence-electron chi connectivity index (χ1n) is 7.53. The molecule has 0 atom stereocenters. The molecule has 0 fully saturated rings. The lowest BCUT2D eigenvalue weighted by atomic mass is 10.1. The molecule has 134 valence electrons. The van der Waals surface area contributed by atoms with Gasteiger partial charge in [-0.2, -0.15) is 23.3 Å². The summed E-state index contributed by atoms with van der Waals surface area (Å²) in [6.07, 6.45) is -3.10. The fourth-order valence-corrected chi connectivity index (χ4v) is 2.32. The van der Waals surface area contributed by atoms with Gasteiger partial charge in [0.25, 0.3) is 0 Å². The predicted molar refractivity (Wildman–Crippen MR) is 93.3 cm³/mol. The molecule has 2 aromatic carbocycles. The SMILES string of the molecule is FC(F)(F)c1ccccc1Nc1nncc(NCc2ccc(Cl)cc2)n1. The van der Waals surface area contributed by atoms with Crippen molar-refractivity contribution in [1.29, 1.82) is 0 Å². The zero-order valence-corrected chi connectivity index (χ0v) is 14.0. The van der Waals surface area contributed by atoms with Gasteiger partial charge in [0.15, 0.2) is 5.82 Å². The Morgan fingerprint density at radius 2 is 1.73 bits per heavy atom. The number of nitrogens with zero attached hydrogens (tertiary/aromatic N) is 3. The number of hydrogen-bond acceptors (Lipinski definition) is 5. The maximum absolute atomic E-state index is 13.0. The Bertz CT molecular complexity index is 884. The summed E-state index contributed by atoms with van der Waals surface area (Å²) < 4.78 is 39.1. The molecule has 9 heteroatoms. The van der Waals surface area contributed by atoms with Crippen molar-refractivity contribution in [2.24, 2.45) is 0 Å². The molecule has 5 nitrogen and oxygen atoms in total. The third-order valence-electron chi connectivity index (χ3n) is 3.42. The number of para-hydroxylation sites is 1. The van der Waals surface area contributed by atoms with Gasteiger partial charge in [-0.05, 0) is 29.8 Å². The highest BCUT2D eigenvalue weighted by molar-refractivity contribution is 6.30. The van der Waals surface area contributed by atoms with Gasteiger partial charge in [0.1, 0.15) is 0 Å². The first-order valence-corrected chi connectivity index (χ1v) is 7.91. The normalized spacial score (nSPS) is 11.2. The Morgan fingerprint density at radius 1 is 1.00 bits per heavy atom. The molecule has 0 aliphatic rings. The maximum Gasteiger partial charge on any atom is 0.418 e. The molecule has 0 bridgehead atoms. The highest BCUT2D eigenvalue weighted by atomic mass is 35.5. The maximum atomic E-state index is 13.0. The molecule has 3 rings (SSSR count). The van der Waals surface area contributed by atoms with Crippen LogP contribution in [0, 0.1) is 0 Å². The van der Waals surface area contributed by atoms with Gasteiger partial charge in [-0.15, -0.1) is 5.10 Å². The van der Waals surface area contributed by atoms with E-state index in [0.29, 0.717) is 17.4 Å². The van der Waals surface area contributed by atoms with Crippen LogP contribution in [-0.4, -0.2) is 15.2 Å². The first-order chi connectivity index (χ1) is 12.4. The van der Waals surface area contributed by atoms with Crippen LogP contribution in [0.5, 0.6) is 0 Å². The minimum atomic E-state index is -4.48. The summed E-state index contributed by atoms with van der Waals surface area (Å²) in [5.74, 6) is 0.338. The van der Waals surface area contributed by atoms with E-state index in [4.69, 9.17) is 11.6 Å². The topological polar surface area (TPSA) is 62.7 Å². The summed E-state index contributed by atoms with van der Waals surface area (Å²) >= 11 is 5.83. The number of benzene rings is 2. The Hall–Kier alpha value is -2.87. The predicted octanol–water partition coefficient (Wildman–Crippen LogP) is 4.90. The summed E-state index contributed by atoms with van der Waals surface area (Å²) in [5, 5.41) is 13.7. The highest BCUT2D eigenvalue weighted by Crippen LogP contribution is 2.35. The van der Waals surface area contributed by atoms with Gasteiger partial charge in [-0.25, -0.2) is 0 Å². The second-order valence-electron chi connectivity index (χ2n) is 5.31. The number of alkyl halides is 3. The zero-order valence-electron chi connectivity index (χ0n) is 13.3. The van der Waals surface area contributed by atoms with Gasteiger partial charge in [0.2, 0.25) is 5.95 Å². The second-order valence-corrected chi connectivity index (χ2v) is 5.75. The summed E-state index contributed by atoms with van der Waals surface area (Å²) in [6.45, 7) is 0.453. The summed E-state index contributed by atoms with van der Waals surface area (Å²) in [5.41, 5.74) is 0.0183. The van der Waals surface area contributed by atoms with E-state index in [0.717, 1.165) is 11.6 Å². The number of anilines is 3. The number of hydrogen-bond donors (Lipinski definition) is 2. The Labute approximate surface area is 152 Å². The molecule has 1 aromatic heterocycles. The Morgan fingerprint density at radius 3 is 2.46 bits per heavy atom. The van der Waals surface area contributed by atoms with E-state index in [1.54, 1.807) is 12.1 Å². The second kappa shape index (κ2) is 7.57. The zero-order chi connectivity index (χ0) is 18.6. The molecule has 1 heterocycles. The van der Waals surface area contributed by atoms with E-state index in [2.05, 4.69) is 25.8 Å². The third kappa shape index (κ3) is 4.60. The van der Waals surface area contributed by atoms with Gasteiger partial charge >= 0.3 is 6.18 Å². The van der Waals surface area contributed by atoms with Crippen molar-refractivity contribution in [1.82, 2.24) is 15.2 Å². The third-order valence-corrected chi connectivity index (χ3v) is 3.68. The largest absolute Gasteiger partial charge is 0.418 e. The van der Waals surface area contributed by atoms with Crippen molar-refractivity contribution in [2.75, 3.05) is 10.6 Å². The van der Waals surface area contributed by atoms with E-state index in [-0.39, 0.29) is 11.6 Å². The molecule has 0 spiro atoms. The van der Waals surface area contributed by atoms with Crippen molar-refractivity contribution in [3.63, 3.8) is 0 Å². The molecular weight excluding hydrogens is 367 g/mol. The Balaban J connectivity index is 1.73. The molecule has 0 saturated heterocycles. The fraction of sp³-hybridized carbons (Fsp3) is 0.118. The Kier molecular flexibility index (Phi) is 5.22. The lowest BCUT2D eigenvalue weighted by Crippen LogP contribution is -2.10. The van der Waals surface area contributed by atoms with Crippen LogP contribution in [0.2, 0.25) is 5.02 Å². The highest BCUT2D eigenvalue weighted by Gasteiger charge is 2.33. The standard InChI is InChI=1S/C17H13ClF3N5/c18-12-7-5-11(6-8-12)9-22-15-10-23-26-16(25-15)24-14-4-2-1-3-13(14)17(19,20)21/h1-8,10H,9H2,(H2,22,24,25,26). The van der Waals surface area contributed by atoms with Gasteiger partial charge < -0.3 is 10.6 Å². The molecule has 0 saturated carbocycles. The average Bonchev–Trinajstić information content (AvgIpc) is 2.61. The minimum Gasteiger partial charge on any atom is -0.365 e. The van der Waals surface area contributed by atoms with Crippen molar-refractivity contribution < 1.29 is 13.2 Å². The van der Waals surface area contributed by atoms with E-state index in [9.17, 15) is 13.2 Å². The molecule has 26 heavy (non-hydrogen) atoms. The van der Waals surface area contributed by atoms with E-state index in [1.807, 2.05) is 12.1 Å². The van der Waals surface area contributed by atoms with Gasteiger partial charge in [0.05, 0.1) is 17.4 Å². The first kappa shape index (κ1) is 17.9. The molecule has 0 aliphatic heterocycles. The lowest BCUT2D eigenvalue weighted by molar-refractivity contribution is -0.136. The molecule has 0 radical (unpaired) electrons. The molecular formula is C17H13ClF3N5. The van der Waals surface area contributed by atoms with Crippen LogP contribution < -0.4 is 10.6 Å². The number of rotatable bonds is 5. The molecule has 3 aromatic rings. The number of nitrogens with one attached hydrogen (secondary N) is 2. The van der Waals surface area contributed by atoms with Crippen LogP contribution in [0.4, 0.5) is 30.6 Å². The molecule has 2 N–H and O–H groups in total. The average molecular weight is 380 g/mol. The number of halogens is 4. The van der Waals surface area contributed by atoms with Crippen molar-refractivity contribution in [2.45, 2.75) is 12.7 Å². The van der Waals surface area contributed by atoms with Crippen LogP contribution in [0.3, 0.4) is 0 Å². The molecule has 0 unspecified atom stereocenters. The quantitative estimate of drug-likeness (QED) is 0.660. The van der Waals surface area contributed by atoms with Gasteiger partial charge in [-0.3, -0.25) is 0 Å². The monoisotopic (exact) mass is 379 g/mol. The fourth-order valence-electron chi connectivity index (χ4n) is 2.20. The van der Waals surface area contributed by atoms with E-state index in [1.165, 1.54) is 24.4 Å². The lowest BCUT2D eigenvalue weighted by Gasteiger charge is -2.13. The smallest absolute Gasteiger partial charge is 0.365 e. The van der Waals surface area contributed by atoms with Crippen LogP contribution in [0.25, 0.3) is 0 Å². The van der Waals surface area contributed by atoms with Crippen LogP contribution >= 0.6 is 11.6 Å². The van der Waals surface area contributed by atoms with Crippen molar-refractivity contribution >= 4 is 29.1 Å². The minimum absolute atomic E-state index is 0.0391. The van der Waals surface area contributed by atoms with Gasteiger partial charge in [0, 0.05) is 11.6 Å². The van der Waals surface area contributed by atoms with Crippen LogP contribution in [0.1, 0.15) is 11.1 Å². The summed E-state index contributed by atoms with van der Waals surface area (Å²) in [7, 11) is 0. The van der Waals surface area contributed by atoms with Crippen LogP contribution in [-0.2, 0) is 12.7 Å². The van der Waals surface area contributed by atoms with Crippen LogP contribution in [0.15, 0.2) is 54.7 Å². The van der Waals surface area contributed by atoms with E-state index < -0.39 is 11.7 Å². The summed E-state index contributed by atoms with van der Waals surface area (Å²) in [4.78, 5) is 4.13. The van der Waals surface area contributed by atoms with Crippen molar-refractivity contribution in [3.8, 4) is 0 Å². The summed E-state index contributed by atoms with van der Waals surface area (Å²) in [6, 6.07) is 12.3. The van der Waals surface area contributed by atoms with Crippen molar-refractivity contribution in [3.05, 3.63) is 70.9 Å². The molecule has 0 amide bonds. The van der Waals surface area contributed by atoms with Gasteiger partial charge in [-0.1, -0.05) is 35.9 Å². The number of aromatic nitrogens is 3. The van der Waals surface area contributed by atoms with E-state index >= 15 is 0 Å².